The maximum absolute atomic E-state index is 12.8. The van der Waals surface area contributed by atoms with E-state index in [1.165, 1.54) is 24.1 Å². The van der Waals surface area contributed by atoms with Gasteiger partial charge in [-0.1, -0.05) is 42.2 Å². The standard InChI is InChI=1S/C22H20N2O6S2/c1-29-16-8-7-13(11-17(16)30-2)12-18-20(26)24(22(31)32-18)10-9-19(25)23-15-6-4-3-5-14(15)21(27)28/h3-8,11-12H,9-10H2,1-2H3,(H,23,25)(H,27,28)/b18-12-. The Balaban J connectivity index is 1.66. The molecule has 166 valence electrons. The van der Waals surface area contributed by atoms with Crippen LogP contribution >= 0.6 is 24.0 Å². The molecule has 1 heterocycles. The van der Waals surface area contributed by atoms with Gasteiger partial charge in [-0.25, -0.2) is 4.79 Å². The molecule has 10 heteroatoms. The molecular formula is C22H20N2O6S2. The minimum Gasteiger partial charge on any atom is -0.493 e. The number of aromatic carboxylic acids is 1. The van der Waals surface area contributed by atoms with Gasteiger partial charge in [0.2, 0.25) is 5.91 Å². The van der Waals surface area contributed by atoms with E-state index in [0.29, 0.717) is 20.7 Å². The topological polar surface area (TPSA) is 105 Å². The van der Waals surface area contributed by atoms with Gasteiger partial charge in [0, 0.05) is 13.0 Å². The minimum atomic E-state index is -1.14. The molecule has 0 spiro atoms. The average molecular weight is 473 g/mol. The molecule has 0 radical (unpaired) electrons. The highest BCUT2D eigenvalue weighted by Gasteiger charge is 2.32. The van der Waals surface area contributed by atoms with Crippen LogP contribution in [0.15, 0.2) is 47.4 Å². The molecule has 0 saturated carbocycles. The molecular weight excluding hydrogens is 452 g/mol. The molecule has 32 heavy (non-hydrogen) atoms. The van der Waals surface area contributed by atoms with Gasteiger partial charge in [0.15, 0.2) is 11.5 Å². The monoisotopic (exact) mass is 472 g/mol. The van der Waals surface area contributed by atoms with E-state index >= 15 is 0 Å². The number of carbonyl (C=O) groups is 3. The van der Waals surface area contributed by atoms with Crippen molar-refractivity contribution in [1.29, 1.82) is 0 Å². The van der Waals surface area contributed by atoms with E-state index in [-0.39, 0.29) is 30.1 Å². The summed E-state index contributed by atoms with van der Waals surface area (Å²) in [5, 5.41) is 11.8. The molecule has 2 amide bonds. The Labute approximate surface area is 194 Å². The molecule has 3 rings (SSSR count). The third-order valence-electron chi connectivity index (χ3n) is 4.57. The van der Waals surface area contributed by atoms with Gasteiger partial charge in [0.05, 0.1) is 30.4 Å². The van der Waals surface area contributed by atoms with Crippen LogP contribution < -0.4 is 14.8 Å². The van der Waals surface area contributed by atoms with Crippen LogP contribution in [0.2, 0.25) is 0 Å². The largest absolute Gasteiger partial charge is 0.493 e. The van der Waals surface area contributed by atoms with Crippen LogP contribution in [-0.4, -0.2) is 52.9 Å². The van der Waals surface area contributed by atoms with Crippen molar-refractivity contribution >= 4 is 57.8 Å². The van der Waals surface area contributed by atoms with Crippen molar-refractivity contribution in [2.75, 3.05) is 26.1 Å². The maximum Gasteiger partial charge on any atom is 0.337 e. The Hall–Kier alpha value is -3.37. The van der Waals surface area contributed by atoms with Crippen molar-refractivity contribution in [1.82, 2.24) is 4.90 Å². The Bertz CT molecular complexity index is 1120. The zero-order valence-electron chi connectivity index (χ0n) is 17.3. The van der Waals surface area contributed by atoms with Crippen LogP contribution in [0.25, 0.3) is 6.08 Å². The van der Waals surface area contributed by atoms with E-state index in [4.69, 9.17) is 21.7 Å². The van der Waals surface area contributed by atoms with E-state index in [1.54, 1.807) is 43.5 Å². The van der Waals surface area contributed by atoms with Crippen molar-refractivity contribution in [3.8, 4) is 11.5 Å². The first kappa shape index (κ1) is 23.3. The fourth-order valence-corrected chi connectivity index (χ4v) is 4.30. The lowest BCUT2D eigenvalue weighted by Gasteiger charge is -2.14. The second kappa shape index (κ2) is 10.3. The number of carboxylic acid groups (broad SMARTS) is 1. The van der Waals surface area contributed by atoms with E-state index in [1.807, 2.05) is 0 Å². The van der Waals surface area contributed by atoms with Gasteiger partial charge in [-0.2, -0.15) is 0 Å². The van der Waals surface area contributed by atoms with Crippen molar-refractivity contribution in [2.24, 2.45) is 0 Å². The molecule has 1 fully saturated rings. The van der Waals surface area contributed by atoms with Gasteiger partial charge in [-0.3, -0.25) is 14.5 Å². The summed E-state index contributed by atoms with van der Waals surface area (Å²) in [6.45, 7) is 0.0784. The van der Waals surface area contributed by atoms with Crippen LogP contribution in [0.1, 0.15) is 22.3 Å². The summed E-state index contributed by atoms with van der Waals surface area (Å²) >= 11 is 6.46. The number of hydrogen-bond acceptors (Lipinski definition) is 7. The summed E-state index contributed by atoms with van der Waals surface area (Å²) in [6.07, 6.45) is 1.66. The van der Waals surface area contributed by atoms with E-state index in [2.05, 4.69) is 5.32 Å². The molecule has 1 aliphatic heterocycles. The SMILES string of the molecule is COc1ccc(/C=C2\SC(=S)N(CCC(=O)Nc3ccccc3C(=O)O)C2=O)cc1OC. The number of benzene rings is 2. The van der Waals surface area contributed by atoms with E-state index in [0.717, 1.165) is 17.3 Å². The van der Waals surface area contributed by atoms with Gasteiger partial charge in [-0.15, -0.1) is 0 Å². The predicted molar refractivity (Wildman–Crippen MR) is 126 cm³/mol. The number of para-hydroxylation sites is 1. The molecule has 2 aromatic rings. The lowest BCUT2D eigenvalue weighted by Crippen LogP contribution is -2.31. The molecule has 8 nitrogen and oxygen atoms in total. The number of nitrogens with zero attached hydrogens (tertiary/aromatic N) is 1. The van der Waals surface area contributed by atoms with Gasteiger partial charge in [-0.05, 0) is 35.9 Å². The number of carboxylic acids is 1. The Morgan fingerprint density at radius 3 is 2.56 bits per heavy atom. The second-order valence-corrected chi connectivity index (χ2v) is 8.27. The first-order chi connectivity index (χ1) is 15.3. The van der Waals surface area contributed by atoms with E-state index < -0.39 is 11.9 Å². The summed E-state index contributed by atoms with van der Waals surface area (Å²) in [4.78, 5) is 38.2. The number of carbonyl (C=O) groups excluding carboxylic acids is 2. The van der Waals surface area contributed by atoms with Gasteiger partial charge >= 0.3 is 5.97 Å². The minimum absolute atomic E-state index is 0.00989. The smallest absolute Gasteiger partial charge is 0.337 e. The summed E-state index contributed by atoms with van der Waals surface area (Å²) in [5.74, 6) is -0.744. The number of anilines is 1. The number of amides is 2. The second-order valence-electron chi connectivity index (χ2n) is 6.60. The molecule has 2 aromatic carbocycles. The predicted octanol–water partition coefficient (Wildman–Crippen LogP) is 3.63. The Kier molecular flexibility index (Phi) is 7.49. The highest BCUT2D eigenvalue weighted by atomic mass is 32.2. The van der Waals surface area contributed by atoms with Crippen molar-refractivity contribution in [3.05, 3.63) is 58.5 Å². The average Bonchev–Trinajstić information content (AvgIpc) is 3.04. The molecule has 0 aromatic heterocycles. The highest BCUT2D eigenvalue weighted by Crippen LogP contribution is 2.34. The zero-order valence-corrected chi connectivity index (χ0v) is 18.9. The third kappa shape index (κ3) is 5.27. The van der Waals surface area contributed by atoms with Crippen LogP contribution in [0, 0.1) is 0 Å². The first-order valence-corrected chi connectivity index (χ1v) is 10.7. The van der Waals surface area contributed by atoms with Crippen LogP contribution in [0.4, 0.5) is 5.69 Å². The van der Waals surface area contributed by atoms with Gasteiger partial charge in [0.25, 0.3) is 5.91 Å². The molecule has 0 unspecified atom stereocenters. The molecule has 0 atom stereocenters. The summed E-state index contributed by atoms with van der Waals surface area (Å²) in [7, 11) is 3.07. The number of ether oxygens (including phenoxy) is 2. The molecule has 1 aliphatic rings. The lowest BCUT2D eigenvalue weighted by molar-refractivity contribution is -0.122. The van der Waals surface area contributed by atoms with Crippen LogP contribution in [0.3, 0.4) is 0 Å². The fraction of sp³-hybridized carbons (Fsp3) is 0.182. The Morgan fingerprint density at radius 1 is 1.16 bits per heavy atom. The number of methoxy groups -OCH3 is 2. The fourth-order valence-electron chi connectivity index (χ4n) is 2.99. The molecule has 0 aliphatic carbocycles. The normalized spacial score (nSPS) is 14.6. The first-order valence-electron chi connectivity index (χ1n) is 9.43. The third-order valence-corrected chi connectivity index (χ3v) is 5.95. The van der Waals surface area contributed by atoms with Crippen molar-refractivity contribution in [3.63, 3.8) is 0 Å². The number of thiocarbonyl (C=S) groups is 1. The summed E-state index contributed by atoms with van der Waals surface area (Å²) in [6, 6.07) is 11.4. The maximum atomic E-state index is 12.8. The lowest BCUT2D eigenvalue weighted by atomic mass is 10.1. The highest BCUT2D eigenvalue weighted by molar-refractivity contribution is 8.26. The summed E-state index contributed by atoms with van der Waals surface area (Å²) < 4.78 is 10.8. The number of rotatable bonds is 8. The molecule has 2 N–H and O–H groups in total. The van der Waals surface area contributed by atoms with Gasteiger partial charge < -0.3 is 19.9 Å². The zero-order chi connectivity index (χ0) is 23.3. The van der Waals surface area contributed by atoms with Crippen LogP contribution in [0.5, 0.6) is 11.5 Å². The van der Waals surface area contributed by atoms with Gasteiger partial charge in [0.1, 0.15) is 4.32 Å². The van der Waals surface area contributed by atoms with Crippen molar-refractivity contribution < 1.29 is 29.0 Å². The van der Waals surface area contributed by atoms with Crippen LogP contribution in [-0.2, 0) is 9.59 Å². The van der Waals surface area contributed by atoms with E-state index in [9.17, 15) is 19.5 Å². The number of nitrogens with one attached hydrogen (secondary N) is 1. The number of hydrogen-bond donors (Lipinski definition) is 2. The van der Waals surface area contributed by atoms with Crippen molar-refractivity contribution in [2.45, 2.75) is 6.42 Å². The number of thioether (sulfide) groups is 1. The molecule has 1 saturated heterocycles. The quantitative estimate of drug-likeness (QED) is 0.443. The summed E-state index contributed by atoms with van der Waals surface area (Å²) in [5.41, 5.74) is 0.930. The molecule has 0 bridgehead atoms. The Morgan fingerprint density at radius 2 is 1.88 bits per heavy atom.